The lowest BCUT2D eigenvalue weighted by Crippen LogP contribution is -2.14. The lowest BCUT2D eigenvalue weighted by Gasteiger charge is -2.05. The monoisotopic (exact) mass is 193 g/mol. The van der Waals surface area contributed by atoms with Crippen molar-refractivity contribution in [3.05, 3.63) is 23.3 Å². The van der Waals surface area contributed by atoms with Gasteiger partial charge in [0.2, 0.25) is 0 Å². The number of hydrogen-bond donors (Lipinski definition) is 1. The highest BCUT2D eigenvalue weighted by Crippen LogP contribution is 2.02. The Morgan fingerprint density at radius 3 is 2.71 bits per heavy atom. The second-order valence-electron chi connectivity index (χ2n) is 3.45. The third-order valence-corrected chi connectivity index (χ3v) is 1.98. The highest BCUT2D eigenvalue weighted by Gasteiger charge is 2.00. The zero-order chi connectivity index (χ0) is 10.4. The van der Waals surface area contributed by atoms with Crippen LogP contribution in [0.1, 0.15) is 37.5 Å². The van der Waals surface area contributed by atoms with Crippen molar-refractivity contribution in [3.8, 4) is 0 Å². The molecule has 78 valence electrons. The van der Waals surface area contributed by atoms with Crippen LogP contribution in [0.25, 0.3) is 0 Å². The van der Waals surface area contributed by atoms with Crippen molar-refractivity contribution in [2.24, 2.45) is 0 Å². The van der Waals surface area contributed by atoms with Crippen molar-refractivity contribution in [1.82, 2.24) is 15.3 Å². The predicted molar refractivity (Wildman–Crippen MR) is 58.1 cm³/mol. The van der Waals surface area contributed by atoms with E-state index < -0.39 is 0 Å². The average molecular weight is 193 g/mol. The molecule has 0 amide bonds. The van der Waals surface area contributed by atoms with Gasteiger partial charge in [0.15, 0.2) is 0 Å². The molecule has 0 bridgehead atoms. The minimum Gasteiger partial charge on any atom is -0.311 e. The number of aromatic nitrogens is 2. The van der Waals surface area contributed by atoms with Crippen molar-refractivity contribution in [2.45, 2.75) is 40.2 Å². The molecule has 0 radical (unpaired) electrons. The van der Waals surface area contributed by atoms with Crippen LogP contribution in [0.15, 0.2) is 6.07 Å². The summed E-state index contributed by atoms with van der Waals surface area (Å²) in [7, 11) is 0. The van der Waals surface area contributed by atoms with Gasteiger partial charge in [-0.1, -0.05) is 13.8 Å². The third kappa shape index (κ3) is 3.42. The summed E-state index contributed by atoms with van der Waals surface area (Å²) >= 11 is 0. The van der Waals surface area contributed by atoms with Gasteiger partial charge in [0.25, 0.3) is 0 Å². The Kier molecular flexibility index (Phi) is 4.53. The largest absolute Gasteiger partial charge is 0.311 e. The summed E-state index contributed by atoms with van der Waals surface area (Å²) in [6.07, 6.45) is 2.07. The molecule has 0 aliphatic carbocycles. The molecule has 0 spiro atoms. The average Bonchev–Trinajstić information content (AvgIpc) is 2.14. The van der Waals surface area contributed by atoms with Crippen LogP contribution in [0.5, 0.6) is 0 Å². The zero-order valence-electron chi connectivity index (χ0n) is 9.30. The van der Waals surface area contributed by atoms with Crippen LogP contribution in [0, 0.1) is 6.92 Å². The Morgan fingerprint density at radius 2 is 2.07 bits per heavy atom. The normalized spacial score (nSPS) is 10.5. The van der Waals surface area contributed by atoms with E-state index >= 15 is 0 Å². The Morgan fingerprint density at radius 1 is 1.29 bits per heavy atom. The first-order valence-electron chi connectivity index (χ1n) is 5.30. The summed E-state index contributed by atoms with van der Waals surface area (Å²) in [4.78, 5) is 8.88. The van der Waals surface area contributed by atoms with Gasteiger partial charge in [-0.25, -0.2) is 9.97 Å². The van der Waals surface area contributed by atoms with Gasteiger partial charge in [0.1, 0.15) is 5.82 Å². The fourth-order valence-corrected chi connectivity index (χ4v) is 1.38. The molecular weight excluding hydrogens is 174 g/mol. The molecule has 0 saturated heterocycles. The van der Waals surface area contributed by atoms with Crippen molar-refractivity contribution in [1.29, 1.82) is 0 Å². The minimum atomic E-state index is 0.844. The summed E-state index contributed by atoms with van der Waals surface area (Å²) in [6, 6.07) is 2.04. The first-order chi connectivity index (χ1) is 6.76. The molecule has 0 fully saturated rings. The van der Waals surface area contributed by atoms with Crippen LogP contribution >= 0.6 is 0 Å². The van der Waals surface area contributed by atoms with Crippen LogP contribution in [-0.2, 0) is 13.0 Å². The van der Waals surface area contributed by atoms with Gasteiger partial charge in [0, 0.05) is 18.7 Å². The molecule has 0 unspecified atom stereocenters. The molecule has 0 atom stereocenters. The Labute approximate surface area is 86.0 Å². The van der Waals surface area contributed by atoms with Crippen LogP contribution < -0.4 is 5.32 Å². The predicted octanol–water partition coefficient (Wildman–Crippen LogP) is 1.85. The van der Waals surface area contributed by atoms with Gasteiger partial charge in [-0.3, -0.25) is 0 Å². The number of rotatable bonds is 5. The lowest BCUT2D eigenvalue weighted by molar-refractivity contribution is 0.694. The van der Waals surface area contributed by atoms with E-state index in [0.717, 1.165) is 43.1 Å². The first-order valence-corrected chi connectivity index (χ1v) is 5.30. The summed E-state index contributed by atoms with van der Waals surface area (Å²) in [5, 5.41) is 3.27. The van der Waals surface area contributed by atoms with Gasteiger partial charge >= 0.3 is 0 Å². The van der Waals surface area contributed by atoms with Crippen LogP contribution in [0.2, 0.25) is 0 Å². The molecule has 14 heavy (non-hydrogen) atoms. The Bertz CT molecular complexity index is 284. The maximum absolute atomic E-state index is 4.49. The molecule has 1 rings (SSSR count). The van der Waals surface area contributed by atoms with Gasteiger partial charge < -0.3 is 5.32 Å². The maximum atomic E-state index is 4.49. The molecule has 0 aliphatic heterocycles. The Hall–Kier alpha value is -0.960. The van der Waals surface area contributed by atoms with E-state index in [1.54, 1.807) is 0 Å². The second-order valence-corrected chi connectivity index (χ2v) is 3.45. The number of aryl methyl sites for hydroxylation is 2. The highest BCUT2D eigenvalue weighted by molar-refractivity contribution is 5.10. The van der Waals surface area contributed by atoms with E-state index in [4.69, 9.17) is 0 Å². The molecular formula is C11H19N3. The molecule has 0 aromatic carbocycles. The second kappa shape index (κ2) is 5.70. The van der Waals surface area contributed by atoms with Gasteiger partial charge in [-0.15, -0.1) is 0 Å². The van der Waals surface area contributed by atoms with Gasteiger partial charge in [-0.2, -0.15) is 0 Å². The molecule has 1 heterocycles. The van der Waals surface area contributed by atoms with Crippen LogP contribution in [-0.4, -0.2) is 16.5 Å². The molecule has 0 aliphatic rings. The SMILES string of the molecule is CCCc1nc(C)cc(CNCC)n1. The molecule has 1 N–H and O–H groups in total. The summed E-state index contributed by atoms with van der Waals surface area (Å²) < 4.78 is 0. The van der Waals surface area contributed by atoms with Crippen molar-refractivity contribution in [3.63, 3.8) is 0 Å². The summed E-state index contributed by atoms with van der Waals surface area (Å²) in [6.45, 7) is 8.09. The van der Waals surface area contributed by atoms with E-state index in [-0.39, 0.29) is 0 Å². The molecule has 3 nitrogen and oxygen atoms in total. The van der Waals surface area contributed by atoms with Crippen LogP contribution in [0.3, 0.4) is 0 Å². The van der Waals surface area contributed by atoms with Crippen molar-refractivity contribution in [2.75, 3.05) is 6.54 Å². The topological polar surface area (TPSA) is 37.8 Å². The summed E-state index contributed by atoms with van der Waals surface area (Å²) in [5.41, 5.74) is 2.17. The number of hydrogen-bond acceptors (Lipinski definition) is 3. The summed E-state index contributed by atoms with van der Waals surface area (Å²) in [5.74, 6) is 0.973. The van der Waals surface area contributed by atoms with E-state index in [0.29, 0.717) is 0 Å². The van der Waals surface area contributed by atoms with Crippen LogP contribution in [0.4, 0.5) is 0 Å². The molecule has 0 saturated carbocycles. The van der Waals surface area contributed by atoms with E-state index in [2.05, 4.69) is 29.1 Å². The Balaban J connectivity index is 2.73. The fourth-order valence-electron chi connectivity index (χ4n) is 1.38. The van der Waals surface area contributed by atoms with E-state index in [1.807, 2.05) is 13.0 Å². The third-order valence-electron chi connectivity index (χ3n) is 1.98. The molecule has 1 aromatic heterocycles. The van der Waals surface area contributed by atoms with Gasteiger partial charge in [-0.05, 0) is 26.0 Å². The fraction of sp³-hybridized carbons (Fsp3) is 0.636. The van der Waals surface area contributed by atoms with Crippen molar-refractivity contribution >= 4 is 0 Å². The number of nitrogens with zero attached hydrogens (tertiary/aromatic N) is 2. The zero-order valence-corrected chi connectivity index (χ0v) is 9.30. The smallest absolute Gasteiger partial charge is 0.128 e. The molecule has 3 heteroatoms. The van der Waals surface area contributed by atoms with E-state index in [9.17, 15) is 0 Å². The van der Waals surface area contributed by atoms with Crippen molar-refractivity contribution < 1.29 is 0 Å². The first kappa shape index (κ1) is 11.1. The standard InChI is InChI=1S/C11H19N3/c1-4-6-11-13-9(3)7-10(14-11)8-12-5-2/h7,12H,4-6,8H2,1-3H3. The van der Waals surface area contributed by atoms with Gasteiger partial charge in [0.05, 0.1) is 5.69 Å². The quantitative estimate of drug-likeness (QED) is 0.775. The maximum Gasteiger partial charge on any atom is 0.128 e. The lowest BCUT2D eigenvalue weighted by atomic mass is 10.2. The highest BCUT2D eigenvalue weighted by atomic mass is 14.9. The number of nitrogens with one attached hydrogen (secondary N) is 1. The molecule has 1 aromatic rings. The van der Waals surface area contributed by atoms with E-state index in [1.165, 1.54) is 0 Å². The minimum absolute atomic E-state index is 0.844.